The molecule has 1 aliphatic heterocycles. The van der Waals surface area contributed by atoms with E-state index in [1.807, 2.05) is 7.05 Å². The van der Waals surface area contributed by atoms with Crippen molar-refractivity contribution < 1.29 is 0 Å². The lowest BCUT2D eigenvalue weighted by atomic mass is 10.1. The van der Waals surface area contributed by atoms with E-state index >= 15 is 0 Å². The van der Waals surface area contributed by atoms with Crippen molar-refractivity contribution in [1.29, 1.82) is 0 Å². The van der Waals surface area contributed by atoms with Gasteiger partial charge in [-0.15, -0.1) is 0 Å². The normalized spacial score (nSPS) is 30.1. The Morgan fingerprint density at radius 1 is 1.67 bits per heavy atom. The standard InChI is InChI=1S/C6H12N2O/c1-8-4-2-3-6(5-8)7-9/h6H,2-5H2,1H3. The minimum atomic E-state index is 0.0590. The van der Waals surface area contributed by atoms with E-state index in [1.54, 1.807) is 0 Å². The Hall–Kier alpha value is -0.440. The molecular formula is C6H12N2O. The van der Waals surface area contributed by atoms with Crippen LogP contribution < -0.4 is 0 Å². The fraction of sp³-hybridized carbons (Fsp3) is 1.00. The number of piperidine rings is 1. The van der Waals surface area contributed by atoms with E-state index in [1.165, 1.54) is 0 Å². The number of likely N-dealkylation sites (tertiary alicyclic amines) is 1. The second-order valence-electron chi connectivity index (χ2n) is 2.66. The first-order valence-corrected chi connectivity index (χ1v) is 3.34. The Kier molecular flexibility index (Phi) is 2.16. The molecule has 1 saturated heterocycles. The highest BCUT2D eigenvalue weighted by atomic mass is 16.3. The molecule has 52 valence electrons. The highest BCUT2D eigenvalue weighted by Crippen LogP contribution is 2.10. The SMILES string of the molecule is CN1CCCC(N=O)C1. The zero-order valence-corrected chi connectivity index (χ0v) is 5.71. The van der Waals surface area contributed by atoms with Crippen molar-refractivity contribution in [3.8, 4) is 0 Å². The molecule has 3 heteroatoms. The van der Waals surface area contributed by atoms with Gasteiger partial charge >= 0.3 is 0 Å². The molecule has 0 saturated carbocycles. The smallest absolute Gasteiger partial charge is 0.105 e. The first kappa shape index (κ1) is 6.68. The maximum absolute atomic E-state index is 10.0. The second kappa shape index (κ2) is 2.92. The summed E-state index contributed by atoms with van der Waals surface area (Å²) in [4.78, 5) is 12.2. The van der Waals surface area contributed by atoms with Gasteiger partial charge in [0, 0.05) is 6.54 Å². The Morgan fingerprint density at radius 2 is 2.44 bits per heavy atom. The van der Waals surface area contributed by atoms with Crippen molar-refractivity contribution in [2.45, 2.75) is 18.9 Å². The molecule has 1 unspecified atom stereocenters. The topological polar surface area (TPSA) is 32.7 Å². The molecule has 1 atom stereocenters. The van der Waals surface area contributed by atoms with E-state index in [2.05, 4.69) is 10.1 Å². The van der Waals surface area contributed by atoms with Crippen molar-refractivity contribution in [3.63, 3.8) is 0 Å². The molecule has 1 rings (SSSR count). The Labute approximate surface area is 55.0 Å². The van der Waals surface area contributed by atoms with Gasteiger partial charge in [-0.2, -0.15) is 4.91 Å². The second-order valence-corrected chi connectivity index (χ2v) is 2.66. The summed E-state index contributed by atoms with van der Waals surface area (Å²) in [7, 11) is 2.03. The number of rotatable bonds is 1. The van der Waals surface area contributed by atoms with Crippen LogP contribution in [0.3, 0.4) is 0 Å². The van der Waals surface area contributed by atoms with Crippen LogP contribution in [0.25, 0.3) is 0 Å². The highest BCUT2D eigenvalue weighted by molar-refractivity contribution is 4.74. The predicted molar refractivity (Wildman–Crippen MR) is 36.3 cm³/mol. The van der Waals surface area contributed by atoms with E-state index in [0.29, 0.717) is 0 Å². The highest BCUT2D eigenvalue weighted by Gasteiger charge is 2.16. The third-order valence-electron chi connectivity index (χ3n) is 1.75. The molecule has 0 N–H and O–H groups in total. The summed E-state index contributed by atoms with van der Waals surface area (Å²) in [6, 6.07) is 0.0590. The van der Waals surface area contributed by atoms with Gasteiger partial charge in [0.25, 0.3) is 0 Å². The van der Waals surface area contributed by atoms with Gasteiger partial charge in [0.2, 0.25) is 0 Å². The summed E-state index contributed by atoms with van der Waals surface area (Å²) in [6.07, 6.45) is 2.10. The third-order valence-corrected chi connectivity index (χ3v) is 1.75. The molecular weight excluding hydrogens is 116 g/mol. The molecule has 0 aromatic heterocycles. The average molecular weight is 128 g/mol. The van der Waals surface area contributed by atoms with Gasteiger partial charge in [-0.25, -0.2) is 0 Å². The molecule has 0 aromatic carbocycles. The summed E-state index contributed by atoms with van der Waals surface area (Å²) >= 11 is 0. The van der Waals surface area contributed by atoms with Crippen molar-refractivity contribution in [3.05, 3.63) is 4.91 Å². The van der Waals surface area contributed by atoms with E-state index in [9.17, 15) is 4.91 Å². The van der Waals surface area contributed by atoms with Crippen LogP contribution in [0, 0.1) is 4.91 Å². The molecule has 0 amide bonds. The van der Waals surface area contributed by atoms with Crippen molar-refractivity contribution >= 4 is 0 Å². The Balaban J connectivity index is 2.31. The molecule has 3 nitrogen and oxygen atoms in total. The summed E-state index contributed by atoms with van der Waals surface area (Å²) < 4.78 is 0. The first-order chi connectivity index (χ1) is 4.33. The lowest BCUT2D eigenvalue weighted by Gasteiger charge is -2.24. The number of hydrogen-bond donors (Lipinski definition) is 0. The zero-order valence-electron chi connectivity index (χ0n) is 5.71. The van der Waals surface area contributed by atoms with Gasteiger partial charge in [-0.3, -0.25) is 0 Å². The monoisotopic (exact) mass is 128 g/mol. The molecule has 0 spiro atoms. The van der Waals surface area contributed by atoms with E-state index in [0.717, 1.165) is 25.9 Å². The first-order valence-electron chi connectivity index (χ1n) is 3.34. The third kappa shape index (κ3) is 1.75. The lowest BCUT2D eigenvalue weighted by molar-refractivity contribution is 0.252. The van der Waals surface area contributed by atoms with Crippen LogP contribution in [0.2, 0.25) is 0 Å². The van der Waals surface area contributed by atoms with Crippen molar-refractivity contribution in [1.82, 2.24) is 4.90 Å². The number of likely N-dealkylation sites (N-methyl/N-ethyl adjacent to an activating group) is 1. The molecule has 1 aliphatic rings. The van der Waals surface area contributed by atoms with E-state index < -0.39 is 0 Å². The van der Waals surface area contributed by atoms with Crippen LogP contribution in [0.5, 0.6) is 0 Å². The Bertz CT molecular complexity index is 105. The van der Waals surface area contributed by atoms with Gasteiger partial charge in [-0.05, 0) is 26.4 Å². The van der Waals surface area contributed by atoms with Crippen LogP contribution >= 0.6 is 0 Å². The molecule has 9 heavy (non-hydrogen) atoms. The maximum Gasteiger partial charge on any atom is 0.105 e. The van der Waals surface area contributed by atoms with Crippen LogP contribution in [0.15, 0.2) is 5.18 Å². The summed E-state index contributed by atoms with van der Waals surface area (Å²) in [5.74, 6) is 0. The van der Waals surface area contributed by atoms with Crippen LogP contribution in [-0.4, -0.2) is 31.1 Å². The fourth-order valence-electron chi connectivity index (χ4n) is 1.23. The molecule has 0 aromatic rings. The quantitative estimate of drug-likeness (QED) is 0.490. The Morgan fingerprint density at radius 3 is 2.89 bits per heavy atom. The number of nitrogens with zero attached hydrogens (tertiary/aromatic N) is 2. The predicted octanol–water partition coefficient (Wildman–Crippen LogP) is 0.847. The molecule has 1 heterocycles. The molecule has 0 bridgehead atoms. The van der Waals surface area contributed by atoms with Crippen molar-refractivity contribution in [2.75, 3.05) is 20.1 Å². The van der Waals surface area contributed by atoms with Gasteiger partial charge in [-0.1, -0.05) is 5.18 Å². The minimum absolute atomic E-state index is 0.0590. The average Bonchev–Trinajstić information content (AvgIpc) is 1.88. The van der Waals surface area contributed by atoms with Crippen LogP contribution in [0.4, 0.5) is 0 Å². The van der Waals surface area contributed by atoms with E-state index in [4.69, 9.17) is 0 Å². The number of nitroso groups, excluding NO2 is 1. The molecule has 0 radical (unpaired) electrons. The van der Waals surface area contributed by atoms with Gasteiger partial charge < -0.3 is 4.90 Å². The zero-order chi connectivity index (χ0) is 6.69. The van der Waals surface area contributed by atoms with Crippen LogP contribution in [0.1, 0.15) is 12.8 Å². The van der Waals surface area contributed by atoms with Gasteiger partial charge in [0.1, 0.15) is 6.04 Å². The van der Waals surface area contributed by atoms with Gasteiger partial charge in [0.15, 0.2) is 0 Å². The van der Waals surface area contributed by atoms with Gasteiger partial charge in [0.05, 0.1) is 0 Å². The molecule has 1 fully saturated rings. The summed E-state index contributed by atoms with van der Waals surface area (Å²) in [5, 5.41) is 3.01. The lowest BCUT2D eigenvalue weighted by Crippen LogP contribution is -2.34. The summed E-state index contributed by atoms with van der Waals surface area (Å²) in [5.41, 5.74) is 0. The fourth-order valence-corrected chi connectivity index (χ4v) is 1.23. The van der Waals surface area contributed by atoms with E-state index in [-0.39, 0.29) is 6.04 Å². The van der Waals surface area contributed by atoms with Crippen molar-refractivity contribution in [2.24, 2.45) is 5.18 Å². The maximum atomic E-state index is 10.0. The number of hydrogen-bond acceptors (Lipinski definition) is 3. The minimum Gasteiger partial charge on any atom is -0.304 e. The largest absolute Gasteiger partial charge is 0.304 e. The summed E-state index contributed by atoms with van der Waals surface area (Å²) in [6.45, 7) is 1.97. The van der Waals surface area contributed by atoms with Crippen LogP contribution in [-0.2, 0) is 0 Å². The molecule has 0 aliphatic carbocycles.